The highest BCUT2D eigenvalue weighted by Gasteiger charge is 2.13. The molecule has 21 heavy (non-hydrogen) atoms. The van der Waals surface area contributed by atoms with Gasteiger partial charge in [0, 0.05) is 0 Å². The van der Waals surface area contributed by atoms with E-state index in [-0.39, 0.29) is 11.5 Å². The van der Waals surface area contributed by atoms with Crippen molar-refractivity contribution in [2.24, 2.45) is 0 Å². The maximum Gasteiger partial charge on any atom is 0.200 e. The Morgan fingerprint density at radius 3 is 2.19 bits per heavy atom. The van der Waals surface area contributed by atoms with Crippen LogP contribution in [0.15, 0.2) is 12.1 Å². The summed E-state index contributed by atoms with van der Waals surface area (Å²) in [5.74, 6) is 0.233. The zero-order valence-corrected chi connectivity index (χ0v) is 13.5. The molecule has 0 aromatic heterocycles. The summed E-state index contributed by atoms with van der Waals surface area (Å²) in [6.45, 7) is 4.81. The Kier molecular flexibility index (Phi) is 8.72. The Bertz CT molecular complexity index is 402. The van der Waals surface area contributed by atoms with Gasteiger partial charge in [0.1, 0.15) is 0 Å². The van der Waals surface area contributed by atoms with Crippen LogP contribution in [-0.4, -0.2) is 16.8 Å². The molecule has 0 bridgehead atoms. The van der Waals surface area contributed by atoms with Crippen molar-refractivity contribution in [2.45, 2.75) is 71.6 Å². The van der Waals surface area contributed by atoms with E-state index in [9.17, 15) is 10.2 Å². The molecule has 1 aromatic rings. The topological polar surface area (TPSA) is 49.7 Å². The first-order chi connectivity index (χ1) is 10.2. The number of phenols is 2. The predicted octanol–water partition coefficient (Wildman–Crippen LogP) is 5.18. The van der Waals surface area contributed by atoms with E-state index in [1.807, 2.05) is 13.0 Å². The van der Waals surface area contributed by atoms with Crippen molar-refractivity contribution in [2.75, 3.05) is 6.61 Å². The van der Waals surface area contributed by atoms with Gasteiger partial charge >= 0.3 is 0 Å². The maximum absolute atomic E-state index is 9.93. The molecule has 3 nitrogen and oxygen atoms in total. The Labute approximate surface area is 129 Å². The summed E-state index contributed by atoms with van der Waals surface area (Å²) in [5, 5.41) is 19.5. The van der Waals surface area contributed by atoms with Crippen LogP contribution in [0.5, 0.6) is 17.2 Å². The van der Waals surface area contributed by atoms with Crippen LogP contribution in [0.25, 0.3) is 0 Å². The minimum absolute atomic E-state index is 0.107. The number of ether oxygens (including phenoxy) is 1. The smallest absolute Gasteiger partial charge is 0.200 e. The fourth-order valence-corrected chi connectivity index (χ4v) is 2.44. The zero-order valence-electron chi connectivity index (χ0n) is 13.5. The van der Waals surface area contributed by atoms with Gasteiger partial charge in [0.05, 0.1) is 6.61 Å². The molecule has 0 fully saturated rings. The molecule has 1 rings (SSSR count). The molecule has 0 aliphatic carbocycles. The van der Waals surface area contributed by atoms with Crippen LogP contribution in [0.4, 0.5) is 0 Å². The van der Waals surface area contributed by atoms with E-state index >= 15 is 0 Å². The Morgan fingerprint density at radius 2 is 1.52 bits per heavy atom. The molecule has 0 atom stereocenters. The van der Waals surface area contributed by atoms with Crippen LogP contribution in [0.1, 0.15) is 70.8 Å². The number of unbranched alkanes of at least 4 members (excludes halogenated alkanes) is 6. The normalized spacial score (nSPS) is 10.8. The maximum atomic E-state index is 9.93. The van der Waals surface area contributed by atoms with Crippen molar-refractivity contribution in [3.63, 3.8) is 0 Å². The summed E-state index contributed by atoms with van der Waals surface area (Å²) in [4.78, 5) is 0. The number of phenolic OH excluding ortho intramolecular Hbond substituents is 2. The highest BCUT2D eigenvalue weighted by Crippen LogP contribution is 2.39. The lowest BCUT2D eigenvalue weighted by Crippen LogP contribution is -2.00. The monoisotopic (exact) mass is 294 g/mol. The summed E-state index contributed by atoms with van der Waals surface area (Å²) in [6.07, 6.45) is 10.6. The first-order valence-corrected chi connectivity index (χ1v) is 8.37. The lowest BCUT2D eigenvalue weighted by molar-refractivity contribution is 0.289. The van der Waals surface area contributed by atoms with E-state index in [2.05, 4.69) is 6.92 Å². The third-order valence-corrected chi connectivity index (χ3v) is 3.69. The van der Waals surface area contributed by atoms with Gasteiger partial charge in [0.25, 0.3) is 0 Å². The fourth-order valence-electron chi connectivity index (χ4n) is 2.44. The number of aromatic hydroxyl groups is 2. The van der Waals surface area contributed by atoms with Gasteiger partial charge in [0.2, 0.25) is 5.75 Å². The van der Waals surface area contributed by atoms with Gasteiger partial charge in [0.15, 0.2) is 11.5 Å². The zero-order chi connectivity index (χ0) is 15.5. The third kappa shape index (κ3) is 6.28. The standard InChI is InChI=1S/C18H30O3/c1-3-5-6-7-8-9-10-11-15-12-13-16(19)17(20)18(15)21-14-4-2/h12-13,19-20H,3-11,14H2,1-2H3. The van der Waals surface area contributed by atoms with E-state index in [0.717, 1.165) is 24.8 Å². The minimum atomic E-state index is -0.121. The average Bonchev–Trinajstić information content (AvgIpc) is 2.49. The summed E-state index contributed by atoms with van der Waals surface area (Å²) in [6, 6.07) is 3.40. The van der Waals surface area contributed by atoms with E-state index in [1.54, 1.807) is 6.07 Å². The van der Waals surface area contributed by atoms with E-state index in [1.165, 1.54) is 38.5 Å². The Hall–Kier alpha value is -1.38. The SMILES string of the molecule is CCCCCCCCCc1ccc(O)c(O)c1OCCC. The molecular formula is C18H30O3. The molecule has 120 valence electrons. The highest BCUT2D eigenvalue weighted by molar-refractivity contribution is 5.54. The number of hydrogen-bond donors (Lipinski definition) is 2. The van der Waals surface area contributed by atoms with Crippen molar-refractivity contribution in [1.29, 1.82) is 0 Å². The summed E-state index contributed by atoms with van der Waals surface area (Å²) >= 11 is 0. The van der Waals surface area contributed by atoms with Gasteiger partial charge < -0.3 is 14.9 Å². The molecule has 0 radical (unpaired) electrons. The second-order valence-corrected chi connectivity index (χ2v) is 5.64. The molecule has 0 unspecified atom stereocenters. The summed E-state index contributed by atoms with van der Waals surface area (Å²) in [5.41, 5.74) is 0.993. The highest BCUT2D eigenvalue weighted by atomic mass is 16.5. The van der Waals surface area contributed by atoms with Crippen LogP contribution in [0.2, 0.25) is 0 Å². The lowest BCUT2D eigenvalue weighted by Gasteiger charge is -2.13. The minimum Gasteiger partial charge on any atom is -0.504 e. The number of hydrogen-bond acceptors (Lipinski definition) is 3. The van der Waals surface area contributed by atoms with Crippen molar-refractivity contribution < 1.29 is 14.9 Å². The molecule has 1 aromatic carbocycles. The second kappa shape index (κ2) is 10.4. The first kappa shape index (κ1) is 17.7. The largest absolute Gasteiger partial charge is 0.504 e. The molecule has 2 N–H and O–H groups in total. The summed E-state index contributed by atoms with van der Waals surface area (Å²) < 4.78 is 5.60. The van der Waals surface area contributed by atoms with Crippen LogP contribution >= 0.6 is 0 Å². The van der Waals surface area contributed by atoms with Gasteiger partial charge in [-0.3, -0.25) is 0 Å². The molecule has 3 heteroatoms. The van der Waals surface area contributed by atoms with Crippen molar-refractivity contribution in [1.82, 2.24) is 0 Å². The van der Waals surface area contributed by atoms with E-state index < -0.39 is 0 Å². The molecule has 0 saturated carbocycles. The van der Waals surface area contributed by atoms with Crippen molar-refractivity contribution >= 4 is 0 Å². The van der Waals surface area contributed by atoms with E-state index in [0.29, 0.717) is 12.4 Å². The molecule has 0 amide bonds. The third-order valence-electron chi connectivity index (χ3n) is 3.69. The number of benzene rings is 1. The summed E-state index contributed by atoms with van der Waals surface area (Å²) in [7, 11) is 0. The van der Waals surface area contributed by atoms with Crippen LogP contribution in [0.3, 0.4) is 0 Å². The molecule has 0 heterocycles. The number of rotatable bonds is 11. The van der Waals surface area contributed by atoms with Crippen molar-refractivity contribution in [3.05, 3.63) is 17.7 Å². The second-order valence-electron chi connectivity index (χ2n) is 5.64. The van der Waals surface area contributed by atoms with Crippen LogP contribution < -0.4 is 4.74 Å². The molecule has 0 aliphatic rings. The molecule has 0 aliphatic heterocycles. The number of aryl methyl sites for hydroxylation is 1. The van der Waals surface area contributed by atoms with Gasteiger partial charge in [-0.2, -0.15) is 0 Å². The van der Waals surface area contributed by atoms with Gasteiger partial charge in [-0.15, -0.1) is 0 Å². The predicted molar refractivity (Wildman–Crippen MR) is 87.3 cm³/mol. The Morgan fingerprint density at radius 1 is 0.857 bits per heavy atom. The van der Waals surface area contributed by atoms with Crippen molar-refractivity contribution in [3.8, 4) is 17.2 Å². The van der Waals surface area contributed by atoms with E-state index in [4.69, 9.17) is 4.74 Å². The molecule has 0 spiro atoms. The fraction of sp³-hybridized carbons (Fsp3) is 0.667. The first-order valence-electron chi connectivity index (χ1n) is 8.37. The van der Waals surface area contributed by atoms with Crippen LogP contribution in [-0.2, 0) is 6.42 Å². The average molecular weight is 294 g/mol. The molecule has 0 saturated heterocycles. The Balaban J connectivity index is 2.44. The van der Waals surface area contributed by atoms with Crippen LogP contribution in [0, 0.1) is 0 Å². The molecular weight excluding hydrogens is 264 g/mol. The quantitative estimate of drug-likeness (QED) is 0.437. The van der Waals surface area contributed by atoms with Gasteiger partial charge in [-0.25, -0.2) is 0 Å². The lowest BCUT2D eigenvalue weighted by atomic mass is 10.0. The van der Waals surface area contributed by atoms with Gasteiger partial charge in [-0.1, -0.05) is 58.4 Å². The van der Waals surface area contributed by atoms with Gasteiger partial charge in [-0.05, 0) is 30.9 Å².